The first kappa shape index (κ1) is 21.4. The number of fused-ring (bicyclic) bond motifs is 1. The Hall–Kier alpha value is -0.357. The number of hydrogen-bond donors (Lipinski definition) is 0. The molecule has 0 saturated carbocycles. The van der Waals surface area contributed by atoms with E-state index in [-0.39, 0.29) is 3.63 Å². The Morgan fingerprint density at radius 3 is 2.30 bits per heavy atom. The van der Waals surface area contributed by atoms with Crippen LogP contribution < -0.4 is 0 Å². The van der Waals surface area contributed by atoms with E-state index in [1.165, 1.54) is 39.0 Å². The summed E-state index contributed by atoms with van der Waals surface area (Å²) in [5, 5.41) is 0. The van der Waals surface area contributed by atoms with Crippen LogP contribution in [0.5, 0.6) is 0 Å². The Bertz CT molecular complexity index is 851. The van der Waals surface area contributed by atoms with Crippen molar-refractivity contribution in [1.82, 2.24) is 0 Å². The van der Waals surface area contributed by atoms with Crippen molar-refractivity contribution < 1.29 is 19.4 Å². The summed E-state index contributed by atoms with van der Waals surface area (Å²) in [7, 11) is 13.4. The molecule has 0 N–H and O–H groups in total. The zero-order valence-corrected chi connectivity index (χ0v) is 20.9. The molecule has 3 heteroatoms. The minimum absolute atomic E-state index is 0.288. The summed E-state index contributed by atoms with van der Waals surface area (Å²) in [6.45, 7) is 11.4. The van der Waals surface area contributed by atoms with Gasteiger partial charge in [-0.2, -0.15) is 0 Å². The SMILES string of the molecule is CCc1ccc2c(c1-c1ccccc1C(C)C)C=C(C(C)CC)[CH]2[Zr]([Cl])[Cl]. The third-order valence-corrected chi connectivity index (χ3v) is 11.2. The van der Waals surface area contributed by atoms with Crippen molar-refractivity contribution in [1.29, 1.82) is 0 Å². The molecule has 0 spiro atoms. The van der Waals surface area contributed by atoms with Gasteiger partial charge < -0.3 is 0 Å². The van der Waals surface area contributed by atoms with Crippen molar-refractivity contribution >= 4 is 23.1 Å². The topological polar surface area (TPSA) is 0 Å². The maximum atomic E-state index is 6.68. The average Bonchev–Trinajstić information content (AvgIpc) is 3.06. The Balaban J connectivity index is 2.31. The first-order valence-electron chi connectivity index (χ1n) is 10.0. The van der Waals surface area contributed by atoms with Crippen molar-refractivity contribution in [3.05, 3.63) is 64.2 Å². The first-order chi connectivity index (χ1) is 12.9. The second-order valence-electron chi connectivity index (χ2n) is 7.87. The van der Waals surface area contributed by atoms with Crippen LogP contribution in [-0.2, 0) is 25.8 Å². The summed E-state index contributed by atoms with van der Waals surface area (Å²) in [6, 6.07) is 13.5. The molecule has 0 amide bonds. The number of benzene rings is 2. The van der Waals surface area contributed by atoms with Crippen LogP contribution in [0, 0.1) is 5.92 Å². The van der Waals surface area contributed by atoms with Crippen LogP contribution in [-0.4, -0.2) is 0 Å². The third-order valence-electron chi connectivity index (χ3n) is 5.95. The normalized spacial score (nSPS) is 17.0. The monoisotopic (exact) mass is 477 g/mol. The Labute approximate surface area is 179 Å². The van der Waals surface area contributed by atoms with Gasteiger partial charge in [-0.05, 0) is 0 Å². The molecule has 2 aromatic carbocycles. The van der Waals surface area contributed by atoms with Gasteiger partial charge in [0.25, 0.3) is 0 Å². The third kappa shape index (κ3) is 4.03. The van der Waals surface area contributed by atoms with Gasteiger partial charge >= 0.3 is 181 Å². The van der Waals surface area contributed by atoms with Crippen LogP contribution in [0.15, 0.2) is 42.0 Å². The fourth-order valence-corrected chi connectivity index (χ4v) is 9.87. The molecule has 0 radical (unpaired) electrons. The van der Waals surface area contributed by atoms with Gasteiger partial charge in [-0.1, -0.05) is 0 Å². The van der Waals surface area contributed by atoms with Gasteiger partial charge in [0.15, 0.2) is 0 Å². The fourth-order valence-electron chi connectivity index (χ4n) is 4.26. The predicted octanol–water partition coefficient (Wildman–Crippen LogP) is 8.45. The van der Waals surface area contributed by atoms with Gasteiger partial charge in [0.1, 0.15) is 0 Å². The van der Waals surface area contributed by atoms with Gasteiger partial charge in [-0.25, -0.2) is 0 Å². The molecule has 2 aromatic rings. The second-order valence-corrected chi connectivity index (χ2v) is 16.7. The molecule has 1 aliphatic carbocycles. The van der Waals surface area contributed by atoms with Crippen molar-refractivity contribution in [3.8, 4) is 11.1 Å². The molecule has 0 bridgehead atoms. The molecule has 27 heavy (non-hydrogen) atoms. The molecule has 0 aromatic heterocycles. The molecule has 0 aliphatic heterocycles. The Morgan fingerprint density at radius 1 is 1.00 bits per heavy atom. The molecule has 2 atom stereocenters. The molecule has 0 fully saturated rings. The number of hydrogen-bond acceptors (Lipinski definition) is 0. The first-order valence-corrected chi connectivity index (χ1v) is 17.8. The molecular formula is C24H29Cl2Zr. The van der Waals surface area contributed by atoms with Crippen LogP contribution in [0.1, 0.15) is 72.8 Å². The van der Waals surface area contributed by atoms with Crippen molar-refractivity contribution in [3.63, 3.8) is 0 Å². The van der Waals surface area contributed by atoms with Gasteiger partial charge in [0.2, 0.25) is 0 Å². The van der Waals surface area contributed by atoms with E-state index in [1.807, 2.05) is 0 Å². The van der Waals surface area contributed by atoms with Gasteiger partial charge in [0, 0.05) is 0 Å². The molecule has 0 saturated heterocycles. The predicted molar refractivity (Wildman–Crippen MR) is 117 cm³/mol. The van der Waals surface area contributed by atoms with E-state index in [1.54, 1.807) is 0 Å². The van der Waals surface area contributed by atoms with Crippen molar-refractivity contribution in [2.75, 3.05) is 0 Å². The molecule has 3 rings (SSSR count). The Morgan fingerprint density at radius 2 is 1.70 bits per heavy atom. The zero-order valence-electron chi connectivity index (χ0n) is 16.9. The summed E-state index contributed by atoms with van der Waals surface area (Å²) in [4.78, 5) is 0. The van der Waals surface area contributed by atoms with Crippen LogP contribution in [0.25, 0.3) is 17.2 Å². The summed E-state index contributed by atoms with van der Waals surface area (Å²) in [5.74, 6) is 1.01. The van der Waals surface area contributed by atoms with Crippen LogP contribution in [0.2, 0.25) is 0 Å². The van der Waals surface area contributed by atoms with E-state index in [9.17, 15) is 0 Å². The van der Waals surface area contributed by atoms with E-state index in [2.05, 4.69) is 77.1 Å². The van der Waals surface area contributed by atoms with E-state index < -0.39 is 19.4 Å². The molecule has 1 aliphatic rings. The summed E-state index contributed by atoms with van der Waals surface area (Å²) < 4.78 is 0.288. The number of aryl methyl sites for hydroxylation is 1. The van der Waals surface area contributed by atoms with E-state index in [0.29, 0.717) is 11.8 Å². The Kier molecular flexibility index (Phi) is 7.10. The summed E-state index contributed by atoms with van der Waals surface area (Å²) >= 11 is -2.49. The van der Waals surface area contributed by atoms with Gasteiger partial charge in [0.05, 0.1) is 0 Å². The fraction of sp³-hybridized carbons (Fsp3) is 0.417. The summed E-state index contributed by atoms with van der Waals surface area (Å²) in [6.07, 6.45) is 4.59. The van der Waals surface area contributed by atoms with Crippen molar-refractivity contribution in [2.24, 2.45) is 5.92 Å². The average molecular weight is 480 g/mol. The van der Waals surface area contributed by atoms with Crippen LogP contribution >= 0.6 is 17.0 Å². The molecular weight excluding hydrogens is 450 g/mol. The maximum absolute atomic E-state index is 6.68. The van der Waals surface area contributed by atoms with Crippen molar-refractivity contribution in [2.45, 2.75) is 57.0 Å². The van der Waals surface area contributed by atoms with E-state index in [4.69, 9.17) is 17.0 Å². The second kappa shape index (κ2) is 8.98. The van der Waals surface area contributed by atoms with Gasteiger partial charge in [-0.15, -0.1) is 0 Å². The molecule has 0 heterocycles. The molecule has 2 unspecified atom stereocenters. The number of allylic oxidation sites excluding steroid dienone is 1. The summed E-state index contributed by atoms with van der Waals surface area (Å²) in [5.41, 5.74) is 9.81. The zero-order chi connectivity index (χ0) is 19.7. The molecule has 143 valence electrons. The van der Waals surface area contributed by atoms with E-state index in [0.717, 1.165) is 12.8 Å². The van der Waals surface area contributed by atoms with Gasteiger partial charge in [-0.3, -0.25) is 0 Å². The molecule has 0 nitrogen and oxygen atoms in total. The quantitative estimate of drug-likeness (QED) is 0.390. The minimum atomic E-state index is -2.49. The van der Waals surface area contributed by atoms with Crippen LogP contribution in [0.4, 0.5) is 0 Å². The van der Waals surface area contributed by atoms with E-state index >= 15 is 0 Å². The number of rotatable bonds is 6. The number of halogens is 2. The standard InChI is InChI=1S/C24H29.2ClH.Zr/c1-6-17(5)20-14-19-13-12-18(7-2)24(23(19)15-20)22-11-9-8-10-21(22)16(3)4;;;/h8-17H,6-7H2,1-5H3;2*1H;/q;;;+2/p-2. The van der Waals surface area contributed by atoms with Crippen LogP contribution in [0.3, 0.4) is 0 Å².